The van der Waals surface area contributed by atoms with Gasteiger partial charge in [-0.25, -0.2) is 8.42 Å². The van der Waals surface area contributed by atoms with Crippen LogP contribution in [0.15, 0.2) is 29.2 Å². The molecule has 1 aliphatic heterocycles. The van der Waals surface area contributed by atoms with Gasteiger partial charge in [-0.3, -0.25) is 0 Å². The molecule has 5 heteroatoms. The van der Waals surface area contributed by atoms with E-state index in [0.29, 0.717) is 35.5 Å². The smallest absolute Gasteiger partial charge is 0.245 e. The van der Waals surface area contributed by atoms with Crippen LogP contribution in [-0.2, 0) is 10.0 Å². The van der Waals surface area contributed by atoms with Crippen LogP contribution in [0.3, 0.4) is 0 Å². The van der Waals surface area contributed by atoms with Crippen molar-refractivity contribution in [3.63, 3.8) is 0 Å². The molecule has 18 heavy (non-hydrogen) atoms. The molecule has 0 spiro atoms. The summed E-state index contributed by atoms with van der Waals surface area (Å²) in [5.74, 6) is 0.836. The number of rotatable bonds is 3. The van der Waals surface area contributed by atoms with E-state index in [2.05, 4.69) is 19.2 Å². The topological polar surface area (TPSA) is 49.4 Å². The van der Waals surface area contributed by atoms with E-state index in [4.69, 9.17) is 0 Å². The van der Waals surface area contributed by atoms with Crippen molar-refractivity contribution in [2.75, 3.05) is 25.5 Å². The second-order valence-corrected chi connectivity index (χ2v) is 6.93. The lowest BCUT2D eigenvalue weighted by Crippen LogP contribution is -2.29. The number of hydrogen-bond acceptors (Lipinski definition) is 3. The number of benzene rings is 1. The molecule has 1 heterocycles. The van der Waals surface area contributed by atoms with Crippen LogP contribution in [0, 0.1) is 11.8 Å². The van der Waals surface area contributed by atoms with Crippen LogP contribution in [-0.4, -0.2) is 32.9 Å². The molecule has 1 aromatic carbocycles. The second kappa shape index (κ2) is 4.90. The molecule has 0 bridgehead atoms. The van der Waals surface area contributed by atoms with Crippen molar-refractivity contribution in [1.82, 2.24) is 4.31 Å². The molecule has 100 valence electrons. The van der Waals surface area contributed by atoms with Crippen LogP contribution in [0.1, 0.15) is 13.8 Å². The molecule has 2 rings (SSSR count). The fourth-order valence-corrected chi connectivity index (χ4v) is 4.15. The third-order valence-corrected chi connectivity index (χ3v) is 5.62. The molecule has 0 aromatic heterocycles. The van der Waals surface area contributed by atoms with E-state index < -0.39 is 10.0 Å². The zero-order valence-corrected chi connectivity index (χ0v) is 11.9. The van der Waals surface area contributed by atoms with Crippen molar-refractivity contribution in [1.29, 1.82) is 0 Å². The van der Waals surface area contributed by atoms with Gasteiger partial charge in [0.2, 0.25) is 10.0 Å². The number of sulfonamides is 1. The zero-order valence-electron chi connectivity index (χ0n) is 11.1. The summed E-state index contributed by atoms with van der Waals surface area (Å²) in [6.07, 6.45) is 0. The summed E-state index contributed by atoms with van der Waals surface area (Å²) in [6, 6.07) is 7.04. The highest BCUT2D eigenvalue weighted by Crippen LogP contribution is 2.30. The van der Waals surface area contributed by atoms with Gasteiger partial charge in [-0.2, -0.15) is 4.31 Å². The Labute approximate surface area is 109 Å². The van der Waals surface area contributed by atoms with Gasteiger partial charge in [0.15, 0.2) is 0 Å². The van der Waals surface area contributed by atoms with Gasteiger partial charge in [0, 0.05) is 20.1 Å². The third kappa shape index (κ3) is 2.24. The van der Waals surface area contributed by atoms with E-state index in [0.717, 1.165) is 0 Å². The zero-order chi connectivity index (χ0) is 13.3. The standard InChI is InChI=1S/C13H20N2O2S/c1-10-8-15(9-11(10)2)18(16,17)13-7-5-4-6-12(13)14-3/h4-7,10-11,14H,8-9H2,1-3H3. The summed E-state index contributed by atoms with van der Waals surface area (Å²) in [5.41, 5.74) is 0.657. The summed E-state index contributed by atoms with van der Waals surface area (Å²) >= 11 is 0. The van der Waals surface area contributed by atoms with Crippen LogP contribution in [0.5, 0.6) is 0 Å². The molecule has 1 N–H and O–H groups in total. The molecular weight excluding hydrogens is 248 g/mol. The minimum absolute atomic E-state index is 0.369. The van der Waals surface area contributed by atoms with Crippen LogP contribution in [0.25, 0.3) is 0 Å². The summed E-state index contributed by atoms with van der Waals surface area (Å²) in [4.78, 5) is 0.369. The van der Waals surface area contributed by atoms with Gasteiger partial charge < -0.3 is 5.32 Å². The predicted octanol–water partition coefficient (Wildman–Crippen LogP) is 2.00. The monoisotopic (exact) mass is 268 g/mol. The van der Waals surface area contributed by atoms with Crippen molar-refractivity contribution in [3.05, 3.63) is 24.3 Å². The maximum absolute atomic E-state index is 12.6. The Morgan fingerprint density at radius 1 is 1.17 bits per heavy atom. The van der Waals surface area contributed by atoms with Crippen LogP contribution < -0.4 is 5.32 Å². The first kappa shape index (κ1) is 13.4. The molecule has 1 fully saturated rings. The van der Waals surface area contributed by atoms with Gasteiger partial charge in [-0.15, -0.1) is 0 Å². The fraction of sp³-hybridized carbons (Fsp3) is 0.538. The second-order valence-electron chi connectivity index (χ2n) is 5.02. The lowest BCUT2D eigenvalue weighted by atomic mass is 10.0. The number of hydrogen-bond donors (Lipinski definition) is 1. The lowest BCUT2D eigenvalue weighted by Gasteiger charge is -2.18. The van der Waals surface area contributed by atoms with Gasteiger partial charge in [0.1, 0.15) is 4.90 Å². The van der Waals surface area contributed by atoms with Crippen molar-refractivity contribution in [2.45, 2.75) is 18.7 Å². The van der Waals surface area contributed by atoms with E-state index >= 15 is 0 Å². The predicted molar refractivity (Wildman–Crippen MR) is 73.1 cm³/mol. The molecule has 4 nitrogen and oxygen atoms in total. The minimum atomic E-state index is -3.38. The molecule has 0 aliphatic carbocycles. The molecule has 1 saturated heterocycles. The highest BCUT2D eigenvalue weighted by Gasteiger charge is 2.35. The summed E-state index contributed by atoms with van der Waals surface area (Å²) in [6.45, 7) is 5.43. The van der Waals surface area contributed by atoms with Crippen LogP contribution >= 0.6 is 0 Å². The Morgan fingerprint density at radius 3 is 2.28 bits per heavy atom. The van der Waals surface area contributed by atoms with Gasteiger partial charge in [0.05, 0.1) is 5.69 Å². The van der Waals surface area contributed by atoms with Crippen molar-refractivity contribution in [2.24, 2.45) is 11.8 Å². The maximum Gasteiger partial charge on any atom is 0.245 e. The molecule has 0 saturated carbocycles. The molecular formula is C13H20N2O2S. The molecule has 2 unspecified atom stereocenters. The van der Waals surface area contributed by atoms with Gasteiger partial charge in [-0.1, -0.05) is 26.0 Å². The average molecular weight is 268 g/mol. The Kier molecular flexibility index (Phi) is 3.64. The summed E-state index contributed by atoms with van der Waals surface area (Å²) in [7, 11) is -1.64. The maximum atomic E-state index is 12.6. The first-order valence-corrected chi connectivity index (χ1v) is 7.67. The normalized spacial score (nSPS) is 25.3. The molecule has 1 aromatic rings. The number of para-hydroxylation sites is 1. The quantitative estimate of drug-likeness (QED) is 0.912. The average Bonchev–Trinajstić information content (AvgIpc) is 2.70. The Bertz CT molecular complexity index is 518. The molecule has 0 radical (unpaired) electrons. The Hall–Kier alpha value is -1.07. The Balaban J connectivity index is 2.37. The SMILES string of the molecule is CNc1ccccc1S(=O)(=O)N1CC(C)C(C)C1. The van der Waals surface area contributed by atoms with Gasteiger partial charge >= 0.3 is 0 Å². The van der Waals surface area contributed by atoms with E-state index in [9.17, 15) is 8.42 Å². The molecule has 1 aliphatic rings. The largest absolute Gasteiger partial charge is 0.387 e. The first-order valence-electron chi connectivity index (χ1n) is 6.23. The highest BCUT2D eigenvalue weighted by molar-refractivity contribution is 7.89. The number of nitrogens with one attached hydrogen (secondary N) is 1. The number of nitrogens with zero attached hydrogens (tertiary/aromatic N) is 1. The van der Waals surface area contributed by atoms with E-state index in [-0.39, 0.29) is 0 Å². The Morgan fingerprint density at radius 2 is 1.72 bits per heavy atom. The van der Waals surface area contributed by atoms with E-state index in [1.807, 2.05) is 6.07 Å². The van der Waals surface area contributed by atoms with Gasteiger partial charge in [-0.05, 0) is 24.0 Å². The number of anilines is 1. The lowest BCUT2D eigenvalue weighted by molar-refractivity contribution is 0.463. The van der Waals surface area contributed by atoms with E-state index in [1.165, 1.54) is 0 Å². The van der Waals surface area contributed by atoms with Crippen molar-refractivity contribution in [3.8, 4) is 0 Å². The van der Waals surface area contributed by atoms with Crippen LogP contribution in [0.2, 0.25) is 0 Å². The summed E-state index contributed by atoms with van der Waals surface area (Å²) in [5, 5.41) is 2.94. The first-order chi connectivity index (χ1) is 8.46. The van der Waals surface area contributed by atoms with Crippen molar-refractivity contribution < 1.29 is 8.42 Å². The summed E-state index contributed by atoms with van der Waals surface area (Å²) < 4.78 is 26.8. The third-order valence-electron chi connectivity index (χ3n) is 3.73. The molecule has 0 amide bonds. The molecule has 2 atom stereocenters. The van der Waals surface area contributed by atoms with E-state index in [1.54, 1.807) is 29.6 Å². The fourth-order valence-electron chi connectivity index (χ4n) is 2.31. The minimum Gasteiger partial charge on any atom is -0.387 e. The van der Waals surface area contributed by atoms with Crippen molar-refractivity contribution >= 4 is 15.7 Å². The van der Waals surface area contributed by atoms with Gasteiger partial charge in [0.25, 0.3) is 0 Å². The van der Waals surface area contributed by atoms with Crippen LogP contribution in [0.4, 0.5) is 5.69 Å². The highest BCUT2D eigenvalue weighted by atomic mass is 32.2.